The van der Waals surface area contributed by atoms with Crippen molar-refractivity contribution in [3.8, 4) is 5.75 Å². The van der Waals surface area contributed by atoms with E-state index in [-0.39, 0.29) is 5.92 Å². The maximum absolute atomic E-state index is 11.0. The van der Waals surface area contributed by atoms with Crippen LogP contribution in [0, 0.1) is 11.8 Å². The number of carboxylic acids is 1. The van der Waals surface area contributed by atoms with Gasteiger partial charge in [0, 0.05) is 0 Å². The predicted molar refractivity (Wildman–Crippen MR) is 83.7 cm³/mol. The van der Waals surface area contributed by atoms with Crippen molar-refractivity contribution in [2.75, 3.05) is 6.61 Å². The highest BCUT2D eigenvalue weighted by atomic mass is 16.5. The highest BCUT2D eigenvalue weighted by Gasteiger charge is 2.26. The summed E-state index contributed by atoms with van der Waals surface area (Å²) in [5, 5.41) is 9.04. The quantitative estimate of drug-likeness (QED) is 0.840. The molecule has 1 aromatic carbocycles. The van der Waals surface area contributed by atoms with Gasteiger partial charge >= 0.3 is 5.97 Å². The third-order valence-corrected chi connectivity index (χ3v) is 4.66. The summed E-state index contributed by atoms with van der Waals surface area (Å²) in [5.41, 5.74) is 1.31. The van der Waals surface area contributed by atoms with Gasteiger partial charge in [0.1, 0.15) is 5.75 Å². The van der Waals surface area contributed by atoms with Crippen LogP contribution in [-0.2, 0) is 4.79 Å². The Morgan fingerprint density at radius 1 is 1.24 bits per heavy atom. The lowest BCUT2D eigenvalue weighted by Gasteiger charge is -2.26. The zero-order valence-corrected chi connectivity index (χ0v) is 13.0. The first kappa shape index (κ1) is 15.9. The van der Waals surface area contributed by atoms with Gasteiger partial charge in [-0.1, -0.05) is 32.4 Å². The molecule has 1 aliphatic carbocycles. The second kappa shape index (κ2) is 7.48. The summed E-state index contributed by atoms with van der Waals surface area (Å²) in [5.74, 6) is 1.24. The fourth-order valence-corrected chi connectivity index (χ4v) is 2.87. The van der Waals surface area contributed by atoms with Crippen LogP contribution >= 0.6 is 0 Å². The monoisotopic (exact) mass is 290 g/mol. The molecule has 0 aliphatic heterocycles. The number of hydrogen-bond acceptors (Lipinski definition) is 2. The van der Waals surface area contributed by atoms with Gasteiger partial charge in [0.05, 0.1) is 12.5 Å². The minimum atomic E-state index is -0.637. The Kier molecular flexibility index (Phi) is 5.66. The standard InChI is InChI=1S/C18H26O3/c1-3-13(2)12-21-17-10-8-15(9-11-17)14-4-6-16(7-5-14)18(19)20/h8-11,13-14,16H,3-7,12H2,1-2H3,(H,19,20). The first-order chi connectivity index (χ1) is 10.1. The highest BCUT2D eigenvalue weighted by molar-refractivity contribution is 5.70. The molecular formula is C18H26O3. The highest BCUT2D eigenvalue weighted by Crippen LogP contribution is 2.36. The number of aliphatic carboxylic acids is 1. The number of ether oxygens (including phenoxy) is 1. The molecule has 3 heteroatoms. The Balaban J connectivity index is 1.86. The van der Waals surface area contributed by atoms with Crippen molar-refractivity contribution in [1.82, 2.24) is 0 Å². The lowest BCUT2D eigenvalue weighted by atomic mass is 9.79. The molecule has 0 saturated heterocycles. The van der Waals surface area contributed by atoms with E-state index in [4.69, 9.17) is 9.84 Å². The van der Waals surface area contributed by atoms with Crippen molar-refractivity contribution in [2.45, 2.75) is 51.9 Å². The Labute approximate surface area is 127 Å². The molecule has 0 heterocycles. The summed E-state index contributed by atoms with van der Waals surface area (Å²) >= 11 is 0. The van der Waals surface area contributed by atoms with Gasteiger partial charge in [-0.05, 0) is 55.2 Å². The van der Waals surface area contributed by atoms with Gasteiger partial charge in [-0.25, -0.2) is 0 Å². The number of carboxylic acid groups (broad SMARTS) is 1. The van der Waals surface area contributed by atoms with E-state index in [2.05, 4.69) is 26.0 Å². The van der Waals surface area contributed by atoms with Crippen LogP contribution in [0.3, 0.4) is 0 Å². The molecule has 2 rings (SSSR count). The molecule has 0 spiro atoms. The third kappa shape index (κ3) is 4.48. The fraction of sp³-hybridized carbons (Fsp3) is 0.611. The van der Waals surface area contributed by atoms with Crippen LogP contribution in [0.25, 0.3) is 0 Å². The van der Waals surface area contributed by atoms with E-state index >= 15 is 0 Å². The molecule has 0 radical (unpaired) electrons. The number of rotatable bonds is 6. The van der Waals surface area contributed by atoms with Gasteiger partial charge in [-0.3, -0.25) is 4.79 Å². The summed E-state index contributed by atoms with van der Waals surface area (Å²) in [6.07, 6.45) is 4.68. The average Bonchev–Trinajstić information content (AvgIpc) is 2.53. The van der Waals surface area contributed by atoms with Crippen molar-refractivity contribution in [2.24, 2.45) is 11.8 Å². The Hall–Kier alpha value is -1.51. The van der Waals surface area contributed by atoms with E-state index in [1.54, 1.807) is 0 Å². The molecule has 0 amide bonds. The Morgan fingerprint density at radius 2 is 1.86 bits per heavy atom. The van der Waals surface area contributed by atoms with Crippen molar-refractivity contribution < 1.29 is 14.6 Å². The van der Waals surface area contributed by atoms with Gasteiger partial charge in [0.15, 0.2) is 0 Å². The second-order valence-electron chi connectivity index (χ2n) is 6.28. The smallest absolute Gasteiger partial charge is 0.306 e. The minimum Gasteiger partial charge on any atom is -0.493 e. The third-order valence-electron chi connectivity index (χ3n) is 4.66. The number of carbonyl (C=O) groups is 1. The molecule has 1 fully saturated rings. The molecule has 21 heavy (non-hydrogen) atoms. The molecule has 1 N–H and O–H groups in total. The Morgan fingerprint density at radius 3 is 2.38 bits per heavy atom. The summed E-state index contributed by atoms with van der Waals surface area (Å²) in [6.45, 7) is 5.12. The van der Waals surface area contributed by atoms with Crippen LogP contribution in [0.15, 0.2) is 24.3 Å². The van der Waals surface area contributed by atoms with Crippen LogP contribution in [0.5, 0.6) is 5.75 Å². The molecular weight excluding hydrogens is 264 g/mol. The van der Waals surface area contributed by atoms with Gasteiger partial charge in [-0.15, -0.1) is 0 Å². The van der Waals surface area contributed by atoms with E-state index in [0.29, 0.717) is 11.8 Å². The van der Waals surface area contributed by atoms with Crippen molar-refractivity contribution in [3.63, 3.8) is 0 Å². The maximum atomic E-state index is 11.0. The van der Waals surface area contributed by atoms with Crippen LogP contribution in [0.4, 0.5) is 0 Å². The van der Waals surface area contributed by atoms with E-state index in [0.717, 1.165) is 44.5 Å². The second-order valence-corrected chi connectivity index (χ2v) is 6.28. The van der Waals surface area contributed by atoms with E-state index in [1.165, 1.54) is 5.56 Å². The summed E-state index contributed by atoms with van der Waals surface area (Å²) in [7, 11) is 0. The molecule has 116 valence electrons. The molecule has 1 atom stereocenters. The summed E-state index contributed by atoms with van der Waals surface area (Å²) < 4.78 is 5.77. The Bertz CT molecular complexity index is 444. The zero-order valence-electron chi connectivity index (χ0n) is 13.0. The number of benzene rings is 1. The van der Waals surface area contributed by atoms with Crippen molar-refractivity contribution in [3.05, 3.63) is 29.8 Å². The van der Waals surface area contributed by atoms with E-state index < -0.39 is 5.97 Å². The van der Waals surface area contributed by atoms with Crippen LogP contribution in [-0.4, -0.2) is 17.7 Å². The summed E-state index contributed by atoms with van der Waals surface area (Å²) in [4.78, 5) is 11.0. The van der Waals surface area contributed by atoms with Crippen molar-refractivity contribution >= 4 is 5.97 Å². The van der Waals surface area contributed by atoms with E-state index in [1.807, 2.05) is 12.1 Å². The predicted octanol–water partition coefficient (Wildman–Crippen LogP) is 4.47. The van der Waals surface area contributed by atoms with Crippen LogP contribution < -0.4 is 4.74 Å². The lowest BCUT2D eigenvalue weighted by Crippen LogP contribution is -2.20. The van der Waals surface area contributed by atoms with Crippen LogP contribution in [0.2, 0.25) is 0 Å². The number of hydrogen-bond donors (Lipinski definition) is 1. The molecule has 0 aromatic heterocycles. The largest absolute Gasteiger partial charge is 0.493 e. The van der Waals surface area contributed by atoms with Gasteiger partial charge in [0.2, 0.25) is 0 Å². The molecule has 1 saturated carbocycles. The fourth-order valence-electron chi connectivity index (χ4n) is 2.87. The first-order valence-electron chi connectivity index (χ1n) is 8.05. The van der Waals surface area contributed by atoms with Gasteiger partial charge in [0.25, 0.3) is 0 Å². The molecule has 0 bridgehead atoms. The SMILES string of the molecule is CCC(C)COc1ccc(C2CCC(C(=O)O)CC2)cc1. The van der Waals surface area contributed by atoms with Crippen molar-refractivity contribution in [1.29, 1.82) is 0 Å². The first-order valence-corrected chi connectivity index (χ1v) is 8.05. The molecule has 1 unspecified atom stereocenters. The molecule has 1 aliphatic rings. The van der Waals surface area contributed by atoms with Crippen LogP contribution in [0.1, 0.15) is 57.4 Å². The van der Waals surface area contributed by atoms with E-state index in [9.17, 15) is 4.79 Å². The van der Waals surface area contributed by atoms with Gasteiger partial charge < -0.3 is 9.84 Å². The zero-order chi connectivity index (χ0) is 15.2. The normalized spacial score (nSPS) is 23.5. The summed E-state index contributed by atoms with van der Waals surface area (Å²) in [6, 6.07) is 8.36. The topological polar surface area (TPSA) is 46.5 Å². The minimum absolute atomic E-state index is 0.139. The average molecular weight is 290 g/mol. The maximum Gasteiger partial charge on any atom is 0.306 e. The molecule has 3 nitrogen and oxygen atoms in total. The van der Waals surface area contributed by atoms with Gasteiger partial charge in [-0.2, -0.15) is 0 Å². The molecule has 1 aromatic rings. The lowest BCUT2D eigenvalue weighted by molar-refractivity contribution is -0.142.